The number of nitrogens with zero attached hydrogens (tertiary/aromatic N) is 4. The quantitative estimate of drug-likeness (QED) is 0.265. The van der Waals surface area contributed by atoms with Gasteiger partial charge in [0.25, 0.3) is 11.8 Å². The lowest BCUT2D eigenvalue weighted by molar-refractivity contribution is 0.0141. The summed E-state index contributed by atoms with van der Waals surface area (Å²) in [4.78, 5) is 59.3. The molecule has 2 aromatic carbocycles. The Hall–Kier alpha value is -5.19. The highest BCUT2D eigenvalue weighted by atomic mass is 16.6. The molecule has 4 aromatic rings. The normalized spacial score (nSPS) is 13.9. The molecule has 1 fully saturated rings. The van der Waals surface area contributed by atoms with Crippen molar-refractivity contribution in [2.24, 2.45) is 0 Å². The number of carboxylic acid groups (broad SMARTS) is 1. The van der Waals surface area contributed by atoms with Gasteiger partial charge in [-0.2, -0.15) is 0 Å². The van der Waals surface area contributed by atoms with Crippen LogP contribution in [-0.2, 0) is 10.2 Å². The van der Waals surface area contributed by atoms with E-state index in [-0.39, 0.29) is 17.6 Å². The van der Waals surface area contributed by atoms with Crippen LogP contribution >= 0.6 is 0 Å². The number of nitrogens with one attached hydrogen (secondary N) is 1. The number of carbonyl (C=O) groups is 4. The van der Waals surface area contributed by atoms with Crippen molar-refractivity contribution < 1.29 is 29.0 Å². The molecule has 0 spiro atoms. The molecule has 1 saturated heterocycles. The third-order valence-corrected chi connectivity index (χ3v) is 7.72. The Balaban J connectivity index is 1.43. The SMILES string of the molecule is CC(C)(C)OC(=O)N1CCN(C(=O)c2ccc(-c3ccc4c(c3)c(C(=O)Nc3ccncc3)c(C(C)(C)C)n4C(=O)O)cc2)CC1. The first-order valence-electron chi connectivity index (χ1n) is 15.2. The van der Waals surface area contributed by atoms with Crippen LogP contribution in [0.15, 0.2) is 67.0 Å². The van der Waals surface area contributed by atoms with Crippen molar-refractivity contribution in [3.63, 3.8) is 0 Å². The Morgan fingerprint density at radius 3 is 1.96 bits per heavy atom. The first kappa shape index (κ1) is 32.2. The maximum absolute atomic E-state index is 13.8. The average Bonchev–Trinajstić information content (AvgIpc) is 3.36. The van der Waals surface area contributed by atoms with E-state index in [0.717, 1.165) is 11.1 Å². The number of ether oxygens (including phenoxy) is 1. The highest BCUT2D eigenvalue weighted by Gasteiger charge is 2.33. The zero-order valence-corrected chi connectivity index (χ0v) is 27.0. The lowest BCUT2D eigenvalue weighted by Gasteiger charge is -2.35. The Kier molecular flexibility index (Phi) is 8.62. The van der Waals surface area contributed by atoms with Crippen molar-refractivity contribution in [3.05, 3.63) is 83.8 Å². The summed E-state index contributed by atoms with van der Waals surface area (Å²) in [6.07, 6.45) is 1.57. The van der Waals surface area contributed by atoms with Crippen LogP contribution < -0.4 is 5.32 Å². The maximum atomic E-state index is 13.8. The van der Waals surface area contributed by atoms with Gasteiger partial charge in [0.05, 0.1) is 11.1 Å². The summed E-state index contributed by atoms with van der Waals surface area (Å²) < 4.78 is 6.64. The molecule has 0 aliphatic carbocycles. The molecular formula is C35H39N5O6. The highest BCUT2D eigenvalue weighted by Crippen LogP contribution is 2.37. The number of anilines is 1. The van der Waals surface area contributed by atoms with Crippen molar-refractivity contribution in [1.82, 2.24) is 19.4 Å². The van der Waals surface area contributed by atoms with Gasteiger partial charge in [0, 0.05) is 66.3 Å². The number of benzene rings is 2. The van der Waals surface area contributed by atoms with E-state index in [9.17, 15) is 24.3 Å². The van der Waals surface area contributed by atoms with Crippen LogP contribution in [0.25, 0.3) is 22.0 Å². The van der Waals surface area contributed by atoms with Crippen molar-refractivity contribution in [3.8, 4) is 11.1 Å². The molecule has 11 nitrogen and oxygen atoms in total. The average molecular weight is 626 g/mol. The van der Waals surface area contributed by atoms with Gasteiger partial charge in [0.2, 0.25) is 0 Å². The third kappa shape index (κ3) is 6.73. The molecule has 0 bridgehead atoms. The van der Waals surface area contributed by atoms with Gasteiger partial charge in [-0.15, -0.1) is 0 Å². The monoisotopic (exact) mass is 625 g/mol. The topological polar surface area (TPSA) is 134 Å². The summed E-state index contributed by atoms with van der Waals surface area (Å²) in [6, 6.07) is 15.8. The van der Waals surface area contributed by atoms with Crippen LogP contribution in [0, 0.1) is 0 Å². The molecule has 0 radical (unpaired) electrons. The number of aromatic nitrogens is 2. The van der Waals surface area contributed by atoms with Gasteiger partial charge < -0.3 is 25.0 Å². The van der Waals surface area contributed by atoms with E-state index < -0.39 is 23.0 Å². The van der Waals surface area contributed by atoms with E-state index in [0.29, 0.717) is 54.0 Å². The van der Waals surface area contributed by atoms with Gasteiger partial charge >= 0.3 is 12.2 Å². The third-order valence-electron chi connectivity index (χ3n) is 7.72. The van der Waals surface area contributed by atoms with Crippen LogP contribution in [0.2, 0.25) is 0 Å². The van der Waals surface area contributed by atoms with Crippen molar-refractivity contribution in [1.29, 1.82) is 0 Å². The van der Waals surface area contributed by atoms with E-state index in [2.05, 4.69) is 10.3 Å². The number of piperazine rings is 1. The van der Waals surface area contributed by atoms with E-state index in [1.54, 1.807) is 52.5 Å². The van der Waals surface area contributed by atoms with Gasteiger partial charge in [0.15, 0.2) is 0 Å². The smallest absolute Gasteiger partial charge is 0.416 e. The highest BCUT2D eigenvalue weighted by molar-refractivity contribution is 6.16. The summed E-state index contributed by atoms with van der Waals surface area (Å²) in [5.74, 6) is -0.555. The van der Waals surface area contributed by atoms with E-state index in [1.807, 2.05) is 65.8 Å². The predicted octanol–water partition coefficient (Wildman–Crippen LogP) is 6.47. The Labute approximate surface area is 267 Å². The van der Waals surface area contributed by atoms with Crippen LogP contribution in [0.3, 0.4) is 0 Å². The first-order chi connectivity index (χ1) is 21.6. The fourth-order valence-electron chi connectivity index (χ4n) is 5.64. The summed E-state index contributed by atoms with van der Waals surface area (Å²) in [6.45, 7) is 12.7. The minimum atomic E-state index is -1.18. The second kappa shape index (κ2) is 12.3. The van der Waals surface area contributed by atoms with Gasteiger partial charge in [-0.25, -0.2) is 14.2 Å². The van der Waals surface area contributed by atoms with Crippen LogP contribution in [0.1, 0.15) is 68.0 Å². The Morgan fingerprint density at radius 2 is 1.39 bits per heavy atom. The van der Waals surface area contributed by atoms with Crippen molar-refractivity contribution >= 4 is 40.6 Å². The molecule has 0 unspecified atom stereocenters. The second-order valence-electron chi connectivity index (χ2n) is 13.4. The van der Waals surface area contributed by atoms with Gasteiger partial charge in [-0.05, 0) is 68.3 Å². The summed E-state index contributed by atoms with van der Waals surface area (Å²) >= 11 is 0. The van der Waals surface area contributed by atoms with Crippen LogP contribution in [0.4, 0.5) is 15.3 Å². The van der Waals surface area contributed by atoms with E-state index in [1.165, 1.54) is 4.57 Å². The number of pyridine rings is 1. The molecule has 2 N–H and O–H groups in total. The van der Waals surface area contributed by atoms with Gasteiger partial charge in [0.1, 0.15) is 5.60 Å². The predicted molar refractivity (Wildman–Crippen MR) is 175 cm³/mol. The number of hydrogen-bond acceptors (Lipinski definition) is 6. The zero-order valence-electron chi connectivity index (χ0n) is 27.0. The summed E-state index contributed by atoms with van der Waals surface area (Å²) in [5.41, 5.74) is 2.42. The molecule has 5 rings (SSSR count). The number of fused-ring (bicyclic) bond motifs is 1. The molecule has 3 amide bonds. The lowest BCUT2D eigenvalue weighted by atomic mass is 9.88. The number of amides is 3. The van der Waals surface area contributed by atoms with Crippen LogP contribution in [0.5, 0.6) is 0 Å². The molecule has 3 heterocycles. The van der Waals surface area contributed by atoms with Crippen molar-refractivity contribution in [2.75, 3.05) is 31.5 Å². The molecular weight excluding hydrogens is 586 g/mol. The molecule has 0 atom stereocenters. The van der Waals surface area contributed by atoms with Crippen molar-refractivity contribution in [2.45, 2.75) is 52.6 Å². The molecule has 2 aromatic heterocycles. The maximum Gasteiger partial charge on any atom is 0.416 e. The van der Waals surface area contributed by atoms with E-state index >= 15 is 0 Å². The number of rotatable bonds is 4. The minimum Gasteiger partial charge on any atom is -0.464 e. The summed E-state index contributed by atoms with van der Waals surface area (Å²) in [5, 5.41) is 13.6. The zero-order chi connectivity index (χ0) is 33.4. The second-order valence-corrected chi connectivity index (χ2v) is 13.4. The molecule has 11 heteroatoms. The molecule has 0 saturated carbocycles. The van der Waals surface area contributed by atoms with Gasteiger partial charge in [-0.1, -0.05) is 39.0 Å². The first-order valence-corrected chi connectivity index (χ1v) is 15.2. The molecule has 46 heavy (non-hydrogen) atoms. The minimum absolute atomic E-state index is 0.130. The number of carbonyl (C=O) groups excluding carboxylic acids is 3. The summed E-state index contributed by atoms with van der Waals surface area (Å²) in [7, 11) is 0. The fraction of sp³-hybridized carbons (Fsp3) is 0.343. The Morgan fingerprint density at radius 1 is 0.804 bits per heavy atom. The van der Waals surface area contributed by atoms with E-state index in [4.69, 9.17) is 4.74 Å². The lowest BCUT2D eigenvalue weighted by Crippen LogP contribution is -2.51. The largest absolute Gasteiger partial charge is 0.464 e. The molecule has 240 valence electrons. The van der Waals surface area contributed by atoms with Gasteiger partial charge in [-0.3, -0.25) is 14.6 Å². The molecule has 1 aliphatic rings. The fourth-order valence-corrected chi connectivity index (χ4v) is 5.64. The standard InChI is InChI=1S/C35H39N5O6/c1-34(2,3)29-28(30(41)37-25-13-15-36-16-14-25)26-21-24(11-12-27(26)40(29)32(43)44)22-7-9-23(10-8-22)31(42)38-17-19-39(20-18-38)33(45)46-35(4,5)6/h7-16,21H,17-20H2,1-6H3,(H,43,44)(H,36,37,41). The van der Waals surface area contributed by atoms with Crippen LogP contribution in [-0.4, -0.2) is 80.2 Å². The molecule has 1 aliphatic heterocycles. The Bertz CT molecular complexity index is 1790. The number of hydrogen-bond donors (Lipinski definition) is 2.